The van der Waals surface area contributed by atoms with Crippen LogP contribution in [0.3, 0.4) is 0 Å². The molecule has 3 nitrogen and oxygen atoms in total. The minimum atomic E-state index is -0.595. The third-order valence-electron chi connectivity index (χ3n) is 2.97. The second-order valence-electron chi connectivity index (χ2n) is 4.31. The first-order valence-corrected chi connectivity index (χ1v) is 6.70. The summed E-state index contributed by atoms with van der Waals surface area (Å²) >= 11 is 0. The fourth-order valence-corrected chi connectivity index (χ4v) is 2.07. The zero-order valence-corrected chi connectivity index (χ0v) is 11.7. The van der Waals surface area contributed by atoms with Crippen LogP contribution in [-0.4, -0.2) is 12.6 Å². The van der Waals surface area contributed by atoms with Crippen molar-refractivity contribution in [2.45, 2.75) is 14.4 Å². The van der Waals surface area contributed by atoms with E-state index in [0.717, 1.165) is 11.1 Å². The largest absolute Gasteiger partial charge is 0.462 e. The van der Waals surface area contributed by atoms with Gasteiger partial charge in [-0.1, -0.05) is 68.1 Å². The summed E-state index contributed by atoms with van der Waals surface area (Å²) in [7, 11) is 0. The van der Waals surface area contributed by atoms with Crippen LogP contribution >= 0.6 is 0 Å². The third-order valence-corrected chi connectivity index (χ3v) is 2.97. The van der Waals surface area contributed by atoms with Gasteiger partial charge < -0.3 is 4.74 Å². The van der Waals surface area contributed by atoms with E-state index < -0.39 is 5.97 Å². The molecule has 0 amide bonds. The van der Waals surface area contributed by atoms with E-state index in [1.807, 2.05) is 66.7 Å². The molecule has 0 bridgehead atoms. The minimum absolute atomic E-state index is 0. The second kappa shape index (κ2) is 8.43. The third kappa shape index (κ3) is 3.83. The molecule has 2 aromatic rings. The van der Waals surface area contributed by atoms with Gasteiger partial charge in [0, 0.05) is 5.57 Å². The molecule has 0 spiro atoms. The van der Waals surface area contributed by atoms with Crippen LogP contribution in [0.4, 0.5) is 0 Å². The molecule has 0 fully saturated rings. The van der Waals surface area contributed by atoms with Gasteiger partial charge in [-0.3, -0.25) is 0 Å². The van der Waals surface area contributed by atoms with Crippen LogP contribution in [0.5, 0.6) is 0 Å². The smallest absolute Gasteiger partial charge is 0.349 e. The van der Waals surface area contributed by atoms with Gasteiger partial charge in [0.2, 0.25) is 0 Å². The summed E-state index contributed by atoms with van der Waals surface area (Å²) in [5.41, 5.74) is 2.24. The number of benzene rings is 2. The lowest BCUT2D eigenvalue weighted by Gasteiger charge is -2.11. The molecule has 0 unspecified atom stereocenters. The van der Waals surface area contributed by atoms with Crippen LogP contribution in [0, 0.1) is 11.3 Å². The summed E-state index contributed by atoms with van der Waals surface area (Å²) in [5.74, 6) is -0.595. The highest BCUT2D eigenvalue weighted by atomic mass is 16.5. The lowest BCUT2D eigenvalue weighted by molar-refractivity contribution is -0.137. The van der Waals surface area contributed by atoms with Crippen LogP contribution in [0.15, 0.2) is 66.2 Å². The summed E-state index contributed by atoms with van der Waals surface area (Å²) in [5, 5.41) is 9.41. The second-order valence-corrected chi connectivity index (χ2v) is 4.31. The van der Waals surface area contributed by atoms with E-state index in [-0.39, 0.29) is 19.6 Å². The predicted octanol–water partition coefficient (Wildman–Crippen LogP) is 4.21. The molecule has 0 heterocycles. The van der Waals surface area contributed by atoms with E-state index in [4.69, 9.17) is 4.74 Å². The number of carbonyl (C=O) groups is 1. The van der Waals surface area contributed by atoms with Crippen molar-refractivity contribution in [3.8, 4) is 6.07 Å². The molecule has 0 aliphatic heterocycles. The molecule has 22 heavy (non-hydrogen) atoms. The van der Waals surface area contributed by atoms with Crippen molar-refractivity contribution >= 4 is 11.5 Å². The van der Waals surface area contributed by atoms with Crippen molar-refractivity contribution in [2.24, 2.45) is 0 Å². The Morgan fingerprint density at radius 3 is 1.82 bits per heavy atom. The molecule has 0 saturated heterocycles. The molecule has 0 saturated carbocycles. The first-order valence-electron chi connectivity index (χ1n) is 6.70. The summed E-state index contributed by atoms with van der Waals surface area (Å²) < 4.78 is 5.00. The highest BCUT2D eigenvalue weighted by Crippen LogP contribution is 2.27. The van der Waals surface area contributed by atoms with Crippen LogP contribution in [0.25, 0.3) is 5.57 Å². The molecule has 2 rings (SSSR count). The van der Waals surface area contributed by atoms with Crippen LogP contribution in [0.1, 0.15) is 25.5 Å². The fraction of sp³-hybridized carbons (Fsp3) is 0.158. The number of hydrogen-bond donors (Lipinski definition) is 0. The molecule has 0 aromatic heterocycles. The monoisotopic (exact) mass is 293 g/mol. The van der Waals surface area contributed by atoms with Gasteiger partial charge in [-0.2, -0.15) is 5.26 Å². The van der Waals surface area contributed by atoms with Gasteiger partial charge in [0.05, 0.1) is 6.61 Å². The molecule has 112 valence electrons. The Bertz CT molecular complexity index is 641. The fourth-order valence-electron chi connectivity index (χ4n) is 2.07. The van der Waals surface area contributed by atoms with Gasteiger partial charge in [0.15, 0.2) is 0 Å². The summed E-state index contributed by atoms with van der Waals surface area (Å²) in [4.78, 5) is 12.1. The van der Waals surface area contributed by atoms with E-state index in [2.05, 4.69) is 0 Å². The van der Waals surface area contributed by atoms with Crippen molar-refractivity contribution in [3.05, 3.63) is 77.4 Å². The van der Waals surface area contributed by atoms with Gasteiger partial charge in [0.25, 0.3) is 0 Å². The van der Waals surface area contributed by atoms with E-state index in [0.29, 0.717) is 5.57 Å². The molecular weight excluding hydrogens is 274 g/mol. The molecule has 0 N–H and O–H groups in total. The molecule has 3 heteroatoms. The Hall–Kier alpha value is -2.86. The normalized spacial score (nSPS) is 9.09. The highest BCUT2D eigenvalue weighted by Gasteiger charge is 2.19. The molecule has 0 atom stereocenters. The quantitative estimate of drug-likeness (QED) is 0.482. The lowest BCUT2D eigenvalue weighted by atomic mass is 9.93. The molecule has 0 radical (unpaired) electrons. The number of hydrogen-bond acceptors (Lipinski definition) is 3. The molecule has 2 aromatic carbocycles. The lowest BCUT2D eigenvalue weighted by Crippen LogP contribution is -2.09. The number of nitriles is 1. The van der Waals surface area contributed by atoms with Crippen molar-refractivity contribution in [1.29, 1.82) is 5.26 Å². The number of ether oxygens (including phenoxy) is 1. The average Bonchev–Trinajstić information content (AvgIpc) is 2.54. The van der Waals surface area contributed by atoms with Gasteiger partial charge in [-0.25, -0.2) is 4.79 Å². The summed E-state index contributed by atoms with van der Waals surface area (Å²) in [6.07, 6.45) is 0. The van der Waals surface area contributed by atoms with Crippen LogP contribution in [0.2, 0.25) is 0 Å². The Morgan fingerprint density at radius 2 is 1.45 bits per heavy atom. The van der Waals surface area contributed by atoms with Crippen molar-refractivity contribution in [2.75, 3.05) is 6.61 Å². The zero-order chi connectivity index (χ0) is 15.1. The maximum atomic E-state index is 12.1. The van der Waals surface area contributed by atoms with Crippen molar-refractivity contribution in [1.82, 2.24) is 0 Å². The van der Waals surface area contributed by atoms with Crippen molar-refractivity contribution in [3.63, 3.8) is 0 Å². The molecule has 0 aliphatic carbocycles. The first kappa shape index (κ1) is 17.2. The van der Waals surface area contributed by atoms with Gasteiger partial charge in [-0.15, -0.1) is 0 Å². The highest BCUT2D eigenvalue weighted by molar-refractivity contribution is 6.05. The zero-order valence-electron chi connectivity index (χ0n) is 11.7. The Balaban J connectivity index is 0.00000242. The number of carbonyl (C=O) groups excluding carboxylic acids is 1. The van der Waals surface area contributed by atoms with E-state index >= 15 is 0 Å². The predicted molar refractivity (Wildman–Crippen MR) is 87.9 cm³/mol. The SMILES string of the molecule is C.CCOC(=O)C(C#N)=C(c1ccccc1)c1ccccc1. The standard InChI is InChI=1S/C18H15NO2.CH4/c1-2-21-18(20)16(13-19)17(14-9-5-3-6-10-14)15-11-7-4-8-12-15;/h3-12H,2H2,1H3;1H4. The number of esters is 1. The summed E-state index contributed by atoms with van der Waals surface area (Å²) in [6, 6.07) is 20.8. The van der Waals surface area contributed by atoms with Crippen molar-refractivity contribution < 1.29 is 9.53 Å². The van der Waals surface area contributed by atoms with Crippen LogP contribution < -0.4 is 0 Å². The van der Waals surface area contributed by atoms with Gasteiger partial charge in [-0.05, 0) is 18.1 Å². The van der Waals surface area contributed by atoms with Crippen LogP contribution in [-0.2, 0) is 9.53 Å². The van der Waals surface area contributed by atoms with Gasteiger partial charge >= 0.3 is 5.97 Å². The molecular formula is C19H19NO2. The van der Waals surface area contributed by atoms with E-state index in [9.17, 15) is 10.1 Å². The Kier molecular flexibility index (Phi) is 6.59. The average molecular weight is 293 g/mol. The Morgan fingerprint density at radius 1 is 1.00 bits per heavy atom. The number of rotatable bonds is 4. The minimum Gasteiger partial charge on any atom is -0.462 e. The van der Waals surface area contributed by atoms with Gasteiger partial charge in [0.1, 0.15) is 11.6 Å². The maximum Gasteiger partial charge on any atom is 0.349 e. The maximum absolute atomic E-state index is 12.1. The topological polar surface area (TPSA) is 50.1 Å². The van der Waals surface area contributed by atoms with E-state index in [1.54, 1.807) is 6.92 Å². The number of nitrogens with zero attached hydrogens (tertiary/aromatic N) is 1. The first-order chi connectivity index (χ1) is 10.3. The summed E-state index contributed by atoms with van der Waals surface area (Å²) in [6.45, 7) is 1.96. The molecule has 0 aliphatic rings. The Labute approximate surface area is 131 Å². The van der Waals surface area contributed by atoms with E-state index in [1.165, 1.54) is 0 Å².